The van der Waals surface area contributed by atoms with Crippen LogP contribution in [0.4, 0.5) is 0 Å². The molecule has 74 valence electrons. The third-order valence-electron chi connectivity index (χ3n) is 1.84. The quantitative estimate of drug-likeness (QED) is 0.771. The van der Waals surface area contributed by atoms with Gasteiger partial charge in [0.05, 0.1) is 6.04 Å². The minimum absolute atomic E-state index is 0.118. The first-order valence-electron chi connectivity index (χ1n) is 4.71. The summed E-state index contributed by atoms with van der Waals surface area (Å²) < 4.78 is 5.03. The molecule has 13 heavy (non-hydrogen) atoms. The molecule has 0 aliphatic carbocycles. The molecule has 0 spiro atoms. The van der Waals surface area contributed by atoms with Crippen LogP contribution in [0.3, 0.4) is 0 Å². The average Bonchev–Trinajstić information content (AvgIpc) is 2.50. The van der Waals surface area contributed by atoms with E-state index in [2.05, 4.69) is 24.0 Å². The van der Waals surface area contributed by atoms with E-state index in [1.165, 1.54) is 0 Å². The molecule has 0 saturated heterocycles. The molecule has 0 aliphatic rings. The summed E-state index contributed by atoms with van der Waals surface area (Å²) >= 11 is 0. The topological polar surface area (TPSA) is 64.9 Å². The highest BCUT2D eigenvalue weighted by Gasteiger charge is 2.14. The van der Waals surface area contributed by atoms with Gasteiger partial charge in [0, 0.05) is 6.42 Å². The third kappa shape index (κ3) is 2.81. The Bertz CT molecular complexity index is 257. The van der Waals surface area contributed by atoms with Crippen molar-refractivity contribution in [2.24, 2.45) is 11.7 Å². The van der Waals surface area contributed by atoms with Crippen molar-refractivity contribution in [1.29, 1.82) is 0 Å². The Balaban J connectivity index is 2.60. The largest absolute Gasteiger partial charge is 0.338 e. The summed E-state index contributed by atoms with van der Waals surface area (Å²) in [5, 5.41) is 3.80. The van der Waals surface area contributed by atoms with E-state index in [9.17, 15) is 0 Å². The van der Waals surface area contributed by atoms with E-state index in [0.717, 1.165) is 18.7 Å². The van der Waals surface area contributed by atoms with Crippen molar-refractivity contribution in [3.63, 3.8) is 0 Å². The van der Waals surface area contributed by atoms with Gasteiger partial charge in [0.2, 0.25) is 5.89 Å². The molecule has 1 rings (SSSR count). The Hall–Kier alpha value is -0.900. The van der Waals surface area contributed by atoms with Crippen molar-refractivity contribution in [2.75, 3.05) is 0 Å². The van der Waals surface area contributed by atoms with Crippen molar-refractivity contribution < 1.29 is 4.52 Å². The van der Waals surface area contributed by atoms with Gasteiger partial charge in [-0.3, -0.25) is 0 Å². The van der Waals surface area contributed by atoms with Crippen LogP contribution >= 0.6 is 0 Å². The maximum absolute atomic E-state index is 5.87. The molecule has 4 heteroatoms. The van der Waals surface area contributed by atoms with Crippen LogP contribution in [0.15, 0.2) is 4.52 Å². The van der Waals surface area contributed by atoms with Gasteiger partial charge in [-0.15, -0.1) is 0 Å². The number of hydrogen-bond acceptors (Lipinski definition) is 4. The number of nitrogens with two attached hydrogens (primary N) is 1. The van der Waals surface area contributed by atoms with E-state index in [4.69, 9.17) is 10.3 Å². The summed E-state index contributed by atoms with van der Waals surface area (Å²) in [6.45, 7) is 6.23. The lowest BCUT2D eigenvalue weighted by atomic mass is 10.0. The van der Waals surface area contributed by atoms with E-state index in [-0.39, 0.29) is 6.04 Å². The second-order valence-electron chi connectivity index (χ2n) is 3.64. The molecule has 0 saturated carbocycles. The lowest BCUT2D eigenvalue weighted by molar-refractivity contribution is 0.332. The smallest absolute Gasteiger partial charge is 0.243 e. The van der Waals surface area contributed by atoms with Crippen LogP contribution in [0.25, 0.3) is 0 Å². The van der Waals surface area contributed by atoms with Crippen LogP contribution in [0.2, 0.25) is 0 Å². The van der Waals surface area contributed by atoms with Gasteiger partial charge >= 0.3 is 0 Å². The Morgan fingerprint density at radius 1 is 1.46 bits per heavy atom. The Kier molecular flexibility index (Phi) is 3.42. The molecule has 0 aliphatic heterocycles. The van der Waals surface area contributed by atoms with E-state index in [1.54, 1.807) is 0 Å². The summed E-state index contributed by atoms with van der Waals surface area (Å²) in [6.07, 6.45) is 1.67. The molecule has 2 N–H and O–H groups in total. The fraction of sp³-hybridized carbons (Fsp3) is 0.778. The van der Waals surface area contributed by atoms with E-state index >= 15 is 0 Å². The summed E-state index contributed by atoms with van der Waals surface area (Å²) in [7, 11) is 0. The monoisotopic (exact) mass is 183 g/mol. The van der Waals surface area contributed by atoms with Crippen molar-refractivity contribution in [3.8, 4) is 0 Å². The lowest BCUT2D eigenvalue weighted by Crippen LogP contribution is -2.13. The van der Waals surface area contributed by atoms with Crippen molar-refractivity contribution in [3.05, 3.63) is 11.7 Å². The minimum atomic E-state index is -0.118. The number of hydrogen-bond donors (Lipinski definition) is 1. The summed E-state index contributed by atoms with van der Waals surface area (Å²) in [4.78, 5) is 4.18. The van der Waals surface area contributed by atoms with E-state index in [0.29, 0.717) is 11.8 Å². The van der Waals surface area contributed by atoms with Gasteiger partial charge in [-0.05, 0) is 12.3 Å². The highest BCUT2D eigenvalue weighted by Crippen LogP contribution is 2.16. The normalized spacial score (nSPS) is 13.6. The van der Waals surface area contributed by atoms with Crippen LogP contribution < -0.4 is 5.73 Å². The fourth-order valence-corrected chi connectivity index (χ4v) is 1.17. The predicted octanol–water partition coefficient (Wildman–Crippen LogP) is 1.68. The van der Waals surface area contributed by atoms with Crippen LogP contribution in [-0.2, 0) is 6.42 Å². The second kappa shape index (κ2) is 4.37. The maximum Gasteiger partial charge on any atom is 0.243 e. The van der Waals surface area contributed by atoms with Gasteiger partial charge in [0.15, 0.2) is 5.82 Å². The molecule has 1 aromatic rings. The number of nitrogens with zero attached hydrogens (tertiary/aromatic N) is 2. The molecule has 0 aromatic carbocycles. The standard InChI is InChI=1S/C9H17N3O/c1-4-8-11-9(13-12-8)7(10)5-6(2)3/h6-7H,4-5,10H2,1-3H3. The van der Waals surface area contributed by atoms with Crippen LogP contribution in [0, 0.1) is 5.92 Å². The Labute approximate surface area is 78.5 Å². The molecule has 1 unspecified atom stereocenters. The highest BCUT2D eigenvalue weighted by atomic mass is 16.5. The summed E-state index contributed by atoms with van der Waals surface area (Å²) in [5.74, 6) is 1.84. The van der Waals surface area contributed by atoms with Crippen LogP contribution in [0.1, 0.15) is 44.9 Å². The Morgan fingerprint density at radius 3 is 2.62 bits per heavy atom. The van der Waals surface area contributed by atoms with Gasteiger partial charge in [-0.1, -0.05) is 25.9 Å². The molecule has 0 amide bonds. The third-order valence-corrected chi connectivity index (χ3v) is 1.84. The van der Waals surface area contributed by atoms with Crippen LogP contribution in [-0.4, -0.2) is 10.1 Å². The zero-order valence-electron chi connectivity index (χ0n) is 8.45. The summed E-state index contributed by atoms with van der Waals surface area (Å²) in [6, 6.07) is -0.118. The maximum atomic E-state index is 5.87. The van der Waals surface area contributed by atoms with E-state index < -0.39 is 0 Å². The first-order valence-corrected chi connectivity index (χ1v) is 4.71. The molecular formula is C9H17N3O. The highest BCUT2D eigenvalue weighted by molar-refractivity contribution is 4.91. The zero-order valence-corrected chi connectivity index (χ0v) is 8.45. The van der Waals surface area contributed by atoms with Gasteiger partial charge in [0.1, 0.15) is 0 Å². The molecular weight excluding hydrogens is 166 g/mol. The molecule has 1 aromatic heterocycles. The number of rotatable bonds is 4. The van der Waals surface area contributed by atoms with Crippen molar-refractivity contribution >= 4 is 0 Å². The van der Waals surface area contributed by atoms with Crippen molar-refractivity contribution in [2.45, 2.75) is 39.7 Å². The molecule has 1 atom stereocenters. The summed E-state index contributed by atoms with van der Waals surface area (Å²) in [5.41, 5.74) is 5.87. The molecule has 4 nitrogen and oxygen atoms in total. The Morgan fingerprint density at radius 2 is 2.15 bits per heavy atom. The number of aryl methyl sites for hydroxylation is 1. The van der Waals surface area contributed by atoms with Crippen molar-refractivity contribution in [1.82, 2.24) is 10.1 Å². The minimum Gasteiger partial charge on any atom is -0.338 e. The SMILES string of the molecule is CCc1noc(C(N)CC(C)C)n1. The average molecular weight is 183 g/mol. The zero-order chi connectivity index (χ0) is 9.84. The molecule has 0 bridgehead atoms. The molecule has 0 radical (unpaired) electrons. The predicted molar refractivity (Wildman–Crippen MR) is 50.1 cm³/mol. The van der Waals surface area contributed by atoms with Gasteiger partial charge in [-0.2, -0.15) is 4.98 Å². The fourth-order valence-electron chi connectivity index (χ4n) is 1.17. The number of aromatic nitrogens is 2. The second-order valence-corrected chi connectivity index (χ2v) is 3.64. The van der Waals surface area contributed by atoms with Gasteiger partial charge in [-0.25, -0.2) is 0 Å². The molecule has 0 fully saturated rings. The van der Waals surface area contributed by atoms with E-state index in [1.807, 2.05) is 6.92 Å². The van der Waals surface area contributed by atoms with Gasteiger partial charge < -0.3 is 10.3 Å². The first-order chi connectivity index (χ1) is 6.13. The van der Waals surface area contributed by atoms with Crippen LogP contribution in [0.5, 0.6) is 0 Å². The van der Waals surface area contributed by atoms with Gasteiger partial charge in [0.25, 0.3) is 0 Å². The first kappa shape index (κ1) is 10.2. The molecule has 1 heterocycles. The lowest BCUT2D eigenvalue weighted by Gasteiger charge is -2.08.